The van der Waals surface area contributed by atoms with Crippen molar-refractivity contribution < 1.29 is 13.2 Å². The fraction of sp³-hybridized carbons (Fsp3) is 0.0526. The second-order valence-electron chi connectivity index (χ2n) is 6.36. The van der Waals surface area contributed by atoms with Gasteiger partial charge in [0.05, 0.1) is 29.0 Å². The number of thiazole rings is 1. The quantitative estimate of drug-likeness (QED) is 0.311. The standard InChI is InChI=1S/C19H14F3N9S/c20-19(21,22)18-30-12(7-14(24)31-18)9-3-4-26-8-13(9)29-16(25)15-10(23)1-2-11(28-15)17-27-5-6-32-17/h1-8H,23H2,(H2,25,29)(H2,24,30,31). The van der Waals surface area contributed by atoms with Gasteiger partial charge in [0.15, 0.2) is 5.84 Å². The number of hydrogen-bond acceptors (Lipinski definition) is 9. The van der Waals surface area contributed by atoms with Gasteiger partial charge in [0.1, 0.15) is 16.5 Å². The lowest BCUT2D eigenvalue weighted by Crippen LogP contribution is -2.17. The summed E-state index contributed by atoms with van der Waals surface area (Å²) in [6.45, 7) is 0. The van der Waals surface area contributed by atoms with Crippen LogP contribution in [0.2, 0.25) is 0 Å². The van der Waals surface area contributed by atoms with Crippen molar-refractivity contribution in [1.29, 1.82) is 0 Å². The van der Waals surface area contributed by atoms with Crippen LogP contribution in [0.4, 0.5) is 30.4 Å². The Labute approximate surface area is 182 Å². The summed E-state index contributed by atoms with van der Waals surface area (Å²) in [5.41, 5.74) is 19.0. The molecule has 0 saturated heterocycles. The van der Waals surface area contributed by atoms with Gasteiger partial charge in [-0.05, 0) is 18.2 Å². The smallest absolute Gasteiger partial charge is 0.397 e. The summed E-state index contributed by atoms with van der Waals surface area (Å²) in [7, 11) is 0. The third-order valence-corrected chi connectivity index (χ3v) is 4.93. The van der Waals surface area contributed by atoms with Crippen LogP contribution >= 0.6 is 11.3 Å². The van der Waals surface area contributed by atoms with E-state index in [9.17, 15) is 13.2 Å². The van der Waals surface area contributed by atoms with Crippen molar-refractivity contribution in [2.24, 2.45) is 10.7 Å². The Bertz CT molecular complexity index is 1300. The molecule has 0 radical (unpaired) electrons. The maximum absolute atomic E-state index is 13.1. The number of aliphatic imine (C=N–C) groups is 1. The molecule has 0 fully saturated rings. The first-order valence-electron chi connectivity index (χ1n) is 8.89. The molecule has 13 heteroatoms. The van der Waals surface area contributed by atoms with Crippen LogP contribution in [0.1, 0.15) is 11.5 Å². The molecule has 0 aliphatic heterocycles. The van der Waals surface area contributed by atoms with Gasteiger partial charge in [0.25, 0.3) is 0 Å². The van der Waals surface area contributed by atoms with Crippen LogP contribution in [0.3, 0.4) is 0 Å². The lowest BCUT2D eigenvalue weighted by atomic mass is 10.1. The molecule has 0 atom stereocenters. The lowest BCUT2D eigenvalue weighted by molar-refractivity contribution is -0.144. The highest BCUT2D eigenvalue weighted by atomic mass is 32.1. The first kappa shape index (κ1) is 21.1. The molecule has 0 amide bonds. The molecule has 0 aliphatic carbocycles. The van der Waals surface area contributed by atoms with Crippen molar-refractivity contribution in [2.45, 2.75) is 6.18 Å². The number of nitrogens with two attached hydrogens (primary N) is 3. The summed E-state index contributed by atoms with van der Waals surface area (Å²) < 4.78 is 39.4. The number of rotatable bonds is 4. The van der Waals surface area contributed by atoms with Gasteiger partial charge in [0.2, 0.25) is 5.82 Å². The highest BCUT2D eigenvalue weighted by molar-refractivity contribution is 7.13. The summed E-state index contributed by atoms with van der Waals surface area (Å²) in [5, 5.41) is 2.46. The molecule has 162 valence electrons. The van der Waals surface area contributed by atoms with E-state index in [0.29, 0.717) is 10.7 Å². The number of nitrogen functional groups attached to an aromatic ring is 2. The van der Waals surface area contributed by atoms with E-state index in [0.717, 1.165) is 0 Å². The largest absolute Gasteiger partial charge is 0.451 e. The average Bonchev–Trinajstić information content (AvgIpc) is 3.28. The van der Waals surface area contributed by atoms with Crippen molar-refractivity contribution >= 4 is 34.4 Å². The van der Waals surface area contributed by atoms with E-state index in [4.69, 9.17) is 17.2 Å². The molecule has 0 spiro atoms. The second-order valence-corrected chi connectivity index (χ2v) is 7.26. The molecule has 0 aromatic carbocycles. The fourth-order valence-corrected chi connectivity index (χ4v) is 3.36. The molecule has 0 saturated carbocycles. The van der Waals surface area contributed by atoms with Crippen LogP contribution in [0.15, 0.2) is 53.2 Å². The molecule has 32 heavy (non-hydrogen) atoms. The zero-order valence-electron chi connectivity index (χ0n) is 16.1. The molecule has 0 unspecified atom stereocenters. The van der Waals surface area contributed by atoms with Crippen LogP contribution in [0.25, 0.3) is 22.0 Å². The normalized spacial score (nSPS) is 12.2. The van der Waals surface area contributed by atoms with Gasteiger partial charge in [-0.1, -0.05) is 0 Å². The minimum Gasteiger partial charge on any atom is -0.397 e. The molecular formula is C19H14F3N9S. The van der Waals surface area contributed by atoms with E-state index < -0.39 is 12.0 Å². The number of aromatic nitrogens is 5. The fourth-order valence-electron chi connectivity index (χ4n) is 2.75. The van der Waals surface area contributed by atoms with Crippen molar-refractivity contribution in [3.63, 3.8) is 0 Å². The molecule has 0 aliphatic rings. The molecule has 6 N–H and O–H groups in total. The minimum atomic E-state index is -4.77. The Kier molecular flexibility index (Phi) is 5.40. The van der Waals surface area contributed by atoms with Crippen molar-refractivity contribution in [3.05, 3.63) is 59.8 Å². The molecule has 0 bridgehead atoms. The van der Waals surface area contributed by atoms with Gasteiger partial charge in [-0.25, -0.2) is 24.9 Å². The van der Waals surface area contributed by atoms with Gasteiger partial charge in [-0.15, -0.1) is 11.3 Å². The third-order valence-electron chi connectivity index (χ3n) is 4.14. The summed E-state index contributed by atoms with van der Waals surface area (Å²) in [6, 6.07) is 5.96. The Hall–Kier alpha value is -4.13. The van der Waals surface area contributed by atoms with Gasteiger partial charge in [-0.3, -0.25) is 4.98 Å². The zero-order valence-corrected chi connectivity index (χ0v) is 16.9. The summed E-state index contributed by atoms with van der Waals surface area (Å²) in [5.74, 6) is -1.77. The molecule has 9 nitrogen and oxygen atoms in total. The Morgan fingerprint density at radius 1 is 1.00 bits per heavy atom. The van der Waals surface area contributed by atoms with Crippen LogP contribution in [-0.2, 0) is 6.18 Å². The van der Waals surface area contributed by atoms with Gasteiger partial charge in [0, 0.05) is 29.4 Å². The highest BCUT2D eigenvalue weighted by Crippen LogP contribution is 2.33. The van der Waals surface area contributed by atoms with Crippen LogP contribution in [0.5, 0.6) is 0 Å². The first-order chi connectivity index (χ1) is 15.2. The van der Waals surface area contributed by atoms with Crippen LogP contribution < -0.4 is 17.2 Å². The number of halogens is 3. The number of alkyl halides is 3. The number of anilines is 2. The van der Waals surface area contributed by atoms with Gasteiger partial charge >= 0.3 is 6.18 Å². The maximum Gasteiger partial charge on any atom is 0.451 e. The van der Waals surface area contributed by atoms with E-state index in [1.807, 2.05) is 0 Å². The Balaban J connectivity index is 1.79. The topological polar surface area (TPSA) is 155 Å². The summed E-state index contributed by atoms with van der Waals surface area (Å²) >= 11 is 1.39. The maximum atomic E-state index is 13.1. The summed E-state index contributed by atoms with van der Waals surface area (Å²) in [4.78, 5) is 23.7. The predicted octanol–water partition coefficient (Wildman–Crippen LogP) is 3.28. The van der Waals surface area contributed by atoms with Gasteiger partial charge < -0.3 is 17.2 Å². The minimum absolute atomic E-state index is 0.0618. The number of pyridine rings is 2. The van der Waals surface area contributed by atoms with Crippen molar-refractivity contribution in [2.75, 3.05) is 11.5 Å². The number of nitrogens with zero attached hydrogens (tertiary/aromatic N) is 6. The lowest BCUT2D eigenvalue weighted by Gasteiger charge is -2.11. The van der Waals surface area contributed by atoms with E-state index >= 15 is 0 Å². The number of hydrogen-bond donors (Lipinski definition) is 3. The third kappa shape index (κ3) is 4.32. The average molecular weight is 457 g/mol. The molecule has 4 rings (SSSR count). The molecule has 4 heterocycles. The zero-order chi connectivity index (χ0) is 22.9. The van der Waals surface area contributed by atoms with E-state index in [1.54, 1.807) is 23.7 Å². The van der Waals surface area contributed by atoms with Crippen LogP contribution in [-0.4, -0.2) is 30.8 Å². The molecular weight excluding hydrogens is 443 g/mol. The molecule has 4 aromatic heterocycles. The molecule has 4 aromatic rings. The van der Waals surface area contributed by atoms with Crippen LogP contribution in [0, 0.1) is 0 Å². The second kappa shape index (κ2) is 8.19. The van der Waals surface area contributed by atoms with Crippen molar-refractivity contribution in [3.8, 4) is 22.0 Å². The Morgan fingerprint density at radius 3 is 2.53 bits per heavy atom. The van der Waals surface area contributed by atoms with E-state index in [-0.39, 0.29) is 40.0 Å². The Morgan fingerprint density at radius 2 is 1.81 bits per heavy atom. The SMILES string of the molecule is NC(=Nc1cnccc1-c1cc(N)nc(C(F)(F)F)n1)c1nc(-c2nccs2)ccc1N. The summed E-state index contributed by atoms with van der Waals surface area (Å²) in [6.07, 6.45) is -0.422. The van der Waals surface area contributed by atoms with Gasteiger partial charge in [-0.2, -0.15) is 13.2 Å². The number of amidine groups is 1. The highest BCUT2D eigenvalue weighted by Gasteiger charge is 2.35. The van der Waals surface area contributed by atoms with Crippen molar-refractivity contribution in [1.82, 2.24) is 24.9 Å². The van der Waals surface area contributed by atoms with E-state index in [1.165, 1.54) is 35.9 Å². The predicted molar refractivity (Wildman–Crippen MR) is 115 cm³/mol. The monoisotopic (exact) mass is 457 g/mol. The van der Waals surface area contributed by atoms with E-state index in [2.05, 4.69) is 29.9 Å². The first-order valence-corrected chi connectivity index (χ1v) is 9.77.